The van der Waals surface area contributed by atoms with E-state index in [1.54, 1.807) is 23.9 Å². The van der Waals surface area contributed by atoms with E-state index in [-0.39, 0.29) is 28.4 Å². The minimum absolute atomic E-state index is 0.0446. The van der Waals surface area contributed by atoms with Gasteiger partial charge in [-0.05, 0) is 32.0 Å². The molecule has 0 unspecified atom stereocenters. The number of pyridine rings is 1. The van der Waals surface area contributed by atoms with Gasteiger partial charge in [-0.2, -0.15) is 5.10 Å². The number of thiophene rings is 2. The predicted molar refractivity (Wildman–Crippen MR) is 126 cm³/mol. The van der Waals surface area contributed by atoms with E-state index in [2.05, 4.69) is 15.4 Å². The number of alkyl halides is 2. The zero-order valence-corrected chi connectivity index (χ0v) is 19.9. The van der Waals surface area contributed by atoms with E-state index in [9.17, 15) is 18.4 Å². The molecule has 0 saturated heterocycles. The summed E-state index contributed by atoms with van der Waals surface area (Å²) in [6, 6.07) is 4.96. The average molecular weight is 510 g/mol. The fraction of sp³-hybridized carbons (Fsp3) is 0.238. The number of carbonyl (C=O) groups is 2. The second kappa shape index (κ2) is 9.16. The summed E-state index contributed by atoms with van der Waals surface area (Å²) in [5.74, 6) is -1.18. The first-order valence-electron chi connectivity index (χ1n) is 9.75. The first-order valence-corrected chi connectivity index (χ1v) is 11.8. The van der Waals surface area contributed by atoms with Crippen LogP contribution in [0.3, 0.4) is 0 Å². The lowest BCUT2D eigenvalue weighted by Gasteiger charge is -2.10. The molecule has 0 aromatic carbocycles. The summed E-state index contributed by atoms with van der Waals surface area (Å²) < 4.78 is 28.6. The number of aromatic nitrogens is 3. The maximum absolute atomic E-state index is 13.5. The minimum atomic E-state index is -2.80. The Labute approximate surface area is 200 Å². The van der Waals surface area contributed by atoms with Gasteiger partial charge in [0.25, 0.3) is 12.3 Å². The Bertz CT molecular complexity index is 1360. The van der Waals surface area contributed by atoms with Crippen LogP contribution in [0.2, 0.25) is 5.02 Å². The van der Waals surface area contributed by atoms with Crippen molar-refractivity contribution >= 4 is 62.0 Å². The van der Waals surface area contributed by atoms with Gasteiger partial charge in [0.15, 0.2) is 0 Å². The third-order valence-corrected chi connectivity index (χ3v) is 7.36. The van der Waals surface area contributed by atoms with Crippen LogP contribution in [0.4, 0.5) is 14.5 Å². The van der Waals surface area contributed by atoms with Gasteiger partial charge in [-0.1, -0.05) is 11.6 Å². The maximum Gasteiger partial charge on any atom is 0.280 e. The number of nitrogens with zero attached hydrogens (tertiary/aromatic N) is 3. The van der Waals surface area contributed by atoms with E-state index in [4.69, 9.17) is 17.3 Å². The molecule has 172 valence electrons. The topological polar surface area (TPSA) is 103 Å². The summed E-state index contributed by atoms with van der Waals surface area (Å²) >= 11 is 8.29. The maximum atomic E-state index is 13.5. The van der Waals surface area contributed by atoms with E-state index in [0.29, 0.717) is 26.5 Å². The van der Waals surface area contributed by atoms with Crippen molar-refractivity contribution in [2.75, 3.05) is 5.32 Å². The van der Waals surface area contributed by atoms with Crippen molar-refractivity contribution in [3.05, 3.63) is 50.6 Å². The predicted octanol–water partition coefficient (Wildman–Crippen LogP) is 5.56. The molecule has 0 aliphatic carbocycles. The van der Waals surface area contributed by atoms with Crippen LogP contribution in [-0.2, 0) is 11.3 Å². The second-order valence-corrected chi connectivity index (χ2v) is 9.97. The van der Waals surface area contributed by atoms with Crippen LogP contribution in [0.1, 0.15) is 38.8 Å². The molecule has 12 heteroatoms. The first-order chi connectivity index (χ1) is 15.6. The third kappa shape index (κ3) is 4.75. The van der Waals surface area contributed by atoms with Crippen LogP contribution in [0.5, 0.6) is 0 Å². The number of primary amides is 1. The molecule has 0 aliphatic heterocycles. The van der Waals surface area contributed by atoms with Crippen LogP contribution < -0.4 is 11.1 Å². The largest absolute Gasteiger partial charge is 0.365 e. The van der Waals surface area contributed by atoms with Crippen LogP contribution >= 0.6 is 34.3 Å². The number of nitrogens with two attached hydrogens (primary N) is 1. The fourth-order valence-electron chi connectivity index (χ4n) is 3.32. The molecule has 4 aromatic heterocycles. The number of halogens is 3. The highest BCUT2D eigenvalue weighted by atomic mass is 35.5. The standard InChI is InChI=1S/C21H18ClF2N5O2S2/c1-9-3-4-14(32-9)11-7-13(19(23)24)26-21-16(11)17(18(33-21)20(25)31)27-15(30)5-6-29-8-12(22)10(2)28-29/h3-4,7-8,19H,5-6H2,1-2H3,(H2,25,31)(H,27,30). The SMILES string of the molecule is Cc1ccc(-c2cc(C(F)F)nc3sc(C(N)=O)c(NC(=O)CCn4cc(Cl)c(C)n4)c23)s1. The lowest BCUT2D eigenvalue weighted by molar-refractivity contribution is -0.116. The molecule has 0 bridgehead atoms. The molecule has 33 heavy (non-hydrogen) atoms. The van der Waals surface area contributed by atoms with Crippen LogP contribution in [0.15, 0.2) is 24.4 Å². The summed E-state index contributed by atoms with van der Waals surface area (Å²) in [6.45, 7) is 3.91. The molecule has 7 nitrogen and oxygen atoms in total. The molecule has 0 aliphatic rings. The Kier molecular flexibility index (Phi) is 6.46. The van der Waals surface area contributed by atoms with Gasteiger partial charge in [0, 0.05) is 39.9 Å². The highest BCUT2D eigenvalue weighted by Crippen LogP contribution is 2.44. The summed E-state index contributed by atoms with van der Waals surface area (Å²) in [6.07, 6.45) is -1.13. The molecule has 4 rings (SSSR count). The van der Waals surface area contributed by atoms with Gasteiger partial charge in [-0.15, -0.1) is 22.7 Å². The molecule has 0 saturated carbocycles. The summed E-state index contributed by atoms with van der Waals surface area (Å²) in [5, 5.41) is 7.86. The summed E-state index contributed by atoms with van der Waals surface area (Å²) in [5.41, 5.74) is 6.42. The van der Waals surface area contributed by atoms with E-state index < -0.39 is 23.9 Å². The van der Waals surface area contributed by atoms with Gasteiger partial charge in [0.1, 0.15) is 15.4 Å². The van der Waals surface area contributed by atoms with E-state index in [0.717, 1.165) is 16.2 Å². The lowest BCUT2D eigenvalue weighted by Crippen LogP contribution is -2.18. The Hall–Kier alpha value is -2.89. The molecule has 0 fully saturated rings. The Morgan fingerprint density at radius 3 is 2.61 bits per heavy atom. The Morgan fingerprint density at radius 1 is 1.27 bits per heavy atom. The molecule has 4 aromatic rings. The normalized spacial score (nSPS) is 11.5. The number of rotatable bonds is 7. The molecule has 0 spiro atoms. The van der Waals surface area contributed by atoms with Crippen molar-refractivity contribution in [1.82, 2.24) is 14.8 Å². The highest BCUT2D eigenvalue weighted by molar-refractivity contribution is 7.21. The van der Waals surface area contributed by atoms with E-state index in [1.165, 1.54) is 17.4 Å². The minimum Gasteiger partial charge on any atom is -0.365 e. The molecule has 3 N–H and O–H groups in total. The van der Waals surface area contributed by atoms with Gasteiger partial charge in [-0.3, -0.25) is 14.3 Å². The Morgan fingerprint density at radius 2 is 2.03 bits per heavy atom. The van der Waals surface area contributed by atoms with Crippen molar-refractivity contribution in [2.24, 2.45) is 5.73 Å². The van der Waals surface area contributed by atoms with Crippen molar-refractivity contribution < 1.29 is 18.4 Å². The number of carbonyl (C=O) groups excluding carboxylic acids is 2. The smallest absolute Gasteiger partial charge is 0.280 e. The zero-order chi connectivity index (χ0) is 23.9. The molecule has 0 atom stereocenters. The fourth-order valence-corrected chi connectivity index (χ4v) is 5.38. The number of aryl methyl sites for hydroxylation is 3. The Balaban J connectivity index is 1.76. The van der Waals surface area contributed by atoms with Crippen LogP contribution in [0, 0.1) is 13.8 Å². The van der Waals surface area contributed by atoms with E-state index in [1.807, 2.05) is 13.0 Å². The van der Waals surface area contributed by atoms with Gasteiger partial charge in [0.05, 0.1) is 16.4 Å². The number of fused-ring (bicyclic) bond motifs is 1. The van der Waals surface area contributed by atoms with Gasteiger partial charge in [-0.25, -0.2) is 13.8 Å². The van der Waals surface area contributed by atoms with Crippen molar-refractivity contribution in [3.63, 3.8) is 0 Å². The van der Waals surface area contributed by atoms with Gasteiger partial charge >= 0.3 is 0 Å². The average Bonchev–Trinajstić information content (AvgIpc) is 3.43. The molecular formula is C21H18ClF2N5O2S2. The molecule has 4 heterocycles. The number of nitrogens with one attached hydrogen (secondary N) is 1. The first kappa shape index (κ1) is 23.3. The van der Waals surface area contributed by atoms with E-state index >= 15 is 0 Å². The monoisotopic (exact) mass is 509 g/mol. The highest BCUT2D eigenvalue weighted by Gasteiger charge is 2.25. The quantitative estimate of drug-likeness (QED) is 0.340. The van der Waals surface area contributed by atoms with Crippen LogP contribution in [0.25, 0.3) is 20.7 Å². The van der Waals surface area contributed by atoms with Crippen molar-refractivity contribution in [2.45, 2.75) is 33.2 Å². The third-order valence-electron chi connectivity index (χ3n) is 4.85. The second-order valence-electron chi connectivity index (χ2n) is 7.28. The number of anilines is 1. The number of hydrogen-bond acceptors (Lipinski definition) is 6. The zero-order valence-electron chi connectivity index (χ0n) is 17.5. The van der Waals surface area contributed by atoms with Crippen molar-refractivity contribution in [3.8, 4) is 10.4 Å². The van der Waals surface area contributed by atoms with Gasteiger partial charge < -0.3 is 11.1 Å². The summed E-state index contributed by atoms with van der Waals surface area (Å²) in [7, 11) is 0. The molecular weight excluding hydrogens is 492 g/mol. The number of amides is 2. The van der Waals surface area contributed by atoms with Crippen molar-refractivity contribution in [1.29, 1.82) is 0 Å². The molecule has 2 amide bonds. The van der Waals surface area contributed by atoms with Crippen LogP contribution in [-0.4, -0.2) is 26.6 Å². The summed E-state index contributed by atoms with van der Waals surface area (Å²) in [4.78, 5) is 30.9. The number of hydrogen-bond donors (Lipinski definition) is 2. The van der Waals surface area contributed by atoms with Gasteiger partial charge in [0.2, 0.25) is 5.91 Å². The lowest BCUT2D eigenvalue weighted by atomic mass is 10.1. The molecule has 0 radical (unpaired) electrons.